The van der Waals surface area contributed by atoms with Crippen LogP contribution in [-0.2, 0) is 6.42 Å². The highest BCUT2D eigenvalue weighted by molar-refractivity contribution is 6.31. The summed E-state index contributed by atoms with van der Waals surface area (Å²) in [4.78, 5) is 20.2. The van der Waals surface area contributed by atoms with Crippen LogP contribution >= 0.6 is 11.6 Å². The molecule has 2 heterocycles. The van der Waals surface area contributed by atoms with Crippen molar-refractivity contribution in [3.63, 3.8) is 0 Å². The number of nitriles is 1. The summed E-state index contributed by atoms with van der Waals surface area (Å²) in [6.45, 7) is 14.1. The van der Waals surface area contributed by atoms with Crippen LogP contribution in [0.5, 0.6) is 5.75 Å². The van der Waals surface area contributed by atoms with Crippen LogP contribution in [0.4, 0.5) is 0 Å². The van der Waals surface area contributed by atoms with Gasteiger partial charge in [0, 0.05) is 61.0 Å². The lowest BCUT2D eigenvalue weighted by Gasteiger charge is -2.63. The number of piperazine rings is 1. The van der Waals surface area contributed by atoms with Crippen molar-refractivity contribution in [2.75, 3.05) is 32.7 Å². The van der Waals surface area contributed by atoms with E-state index in [0.717, 1.165) is 44.7 Å². The molecule has 38 heavy (non-hydrogen) atoms. The van der Waals surface area contributed by atoms with Gasteiger partial charge in [0.05, 0.1) is 16.1 Å². The van der Waals surface area contributed by atoms with Gasteiger partial charge in [-0.3, -0.25) is 9.78 Å². The van der Waals surface area contributed by atoms with Crippen LogP contribution in [-0.4, -0.2) is 60.7 Å². The maximum Gasteiger partial charge on any atom is 0.253 e. The zero-order valence-electron chi connectivity index (χ0n) is 23.0. The van der Waals surface area contributed by atoms with Gasteiger partial charge in [-0.05, 0) is 50.1 Å². The molecule has 1 saturated carbocycles. The number of aromatic nitrogens is 1. The number of halogens is 1. The molecular weight excluding hydrogens is 498 g/mol. The molecule has 1 aromatic heterocycles. The van der Waals surface area contributed by atoms with Gasteiger partial charge in [-0.15, -0.1) is 0 Å². The van der Waals surface area contributed by atoms with Gasteiger partial charge < -0.3 is 20.3 Å². The largest absolute Gasteiger partial charge is 0.489 e. The molecular formula is C30H40ClN5O2. The Kier molecular flexibility index (Phi) is 8.97. The number of carbonyl (C=O) groups excluding carboxylic acids is 1. The van der Waals surface area contributed by atoms with Gasteiger partial charge >= 0.3 is 0 Å². The van der Waals surface area contributed by atoms with E-state index in [0.29, 0.717) is 21.9 Å². The first-order valence-electron chi connectivity index (χ1n) is 13.7. The monoisotopic (exact) mass is 537 g/mol. The van der Waals surface area contributed by atoms with E-state index in [-0.39, 0.29) is 28.9 Å². The van der Waals surface area contributed by atoms with Crippen LogP contribution in [0.15, 0.2) is 36.5 Å². The molecule has 1 aliphatic carbocycles. The van der Waals surface area contributed by atoms with Gasteiger partial charge in [0.15, 0.2) is 0 Å². The molecule has 8 heteroatoms. The highest BCUT2D eigenvalue weighted by atomic mass is 35.5. The summed E-state index contributed by atoms with van der Waals surface area (Å²) in [5, 5.41) is 16.1. The first kappa shape index (κ1) is 28.4. The van der Waals surface area contributed by atoms with E-state index < -0.39 is 0 Å². The van der Waals surface area contributed by atoms with E-state index in [1.165, 1.54) is 19.4 Å². The number of nitrogens with zero attached hydrogens (tertiary/aromatic N) is 3. The average Bonchev–Trinajstić information content (AvgIpc) is 2.90. The molecule has 2 fully saturated rings. The van der Waals surface area contributed by atoms with Crippen LogP contribution in [0.2, 0.25) is 5.02 Å². The SMILES string of the molecule is CC1(C)C(NC(=O)c2ccc(CCCCCN3CCNCC3)nc2)C(C)(C)C1Oc1ccc(C#N)c(Cl)c1. The molecule has 1 aromatic carbocycles. The summed E-state index contributed by atoms with van der Waals surface area (Å²) in [6, 6.07) is 10.9. The van der Waals surface area contributed by atoms with Crippen LogP contribution in [0.1, 0.15) is 68.6 Å². The Balaban J connectivity index is 1.26. The summed E-state index contributed by atoms with van der Waals surface area (Å²) in [5.41, 5.74) is 1.40. The van der Waals surface area contributed by atoms with Gasteiger partial charge in [0.2, 0.25) is 0 Å². The van der Waals surface area contributed by atoms with Gasteiger partial charge in [-0.1, -0.05) is 45.7 Å². The first-order valence-corrected chi connectivity index (χ1v) is 14.1. The molecule has 1 amide bonds. The van der Waals surface area contributed by atoms with Crippen molar-refractivity contribution in [1.82, 2.24) is 20.5 Å². The number of pyridine rings is 1. The smallest absolute Gasteiger partial charge is 0.253 e. The Labute approximate surface area is 231 Å². The van der Waals surface area contributed by atoms with E-state index in [1.807, 2.05) is 12.1 Å². The zero-order valence-corrected chi connectivity index (χ0v) is 23.8. The molecule has 1 aliphatic heterocycles. The lowest BCUT2D eigenvalue weighted by molar-refractivity contribution is -0.164. The summed E-state index contributed by atoms with van der Waals surface area (Å²) in [6.07, 6.45) is 6.01. The Hall–Kier alpha value is -2.66. The quantitative estimate of drug-likeness (QED) is 0.422. The lowest BCUT2D eigenvalue weighted by Crippen LogP contribution is -2.74. The molecule has 2 aromatic rings. The Morgan fingerprint density at radius 3 is 2.53 bits per heavy atom. The maximum atomic E-state index is 13.1. The number of hydrogen-bond donors (Lipinski definition) is 2. The molecule has 2 aliphatic rings. The molecule has 1 saturated heterocycles. The van der Waals surface area contributed by atoms with E-state index >= 15 is 0 Å². The fourth-order valence-corrected chi connectivity index (χ4v) is 6.48. The van der Waals surface area contributed by atoms with Crippen LogP contribution in [0.25, 0.3) is 0 Å². The van der Waals surface area contributed by atoms with Gasteiger partial charge in [0.1, 0.15) is 17.9 Å². The van der Waals surface area contributed by atoms with Crippen molar-refractivity contribution in [1.29, 1.82) is 5.26 Å². The highest BCUT2D eigenvalue weighted by Gasteiger charge is 2.64. The van der Waals surface area contributed by atoms with E-state index in [4.69, 9.17) is 21.6 Å². The zero-order chi connectivity index (χ0) is 27.3. The van der Waals surface area contributed by atoms with Crippen LogP contribution < -0.4 is 15.4 Å². The molecule has 7 nitrogen and oxygen atoms in total. The number of hydrogen-bond acceptors (Lipinski definition) is 6. The lowest BCUT2D eigenvalue weighted by atomic mass is 9.49. The molecule has 204 valence electrons. The number of nitrogens with one attached hydrogen (secondary N) is 2. The fourth-order valence-electron chi connectivity index (χ4n) is 6.27. The topological polar surface area (TPSA) is 90.3 Å². The molecule has 0 spiro atoms. The van der Waals surface area contributed by atoms with E-state index in [2.05, 4.69) is 54.3 Å². The van der Waals surface area contributed by atoms with Crippen molar-refractivity contribution in [2.45, 2.75) is 65.5 Å². The number of ether oxygens (including phenoxy) is 1. The number of carbonyl (C=O) groups is 1. The minimum absolute atomic E-state index is 0.0864. The number of rotatable bonds is 10. The van der Waals surface area contributed by atoms with E-state index in [9.17, 15) is 4.79 Å². The summed E-state index contributed by atoms with van der Waals surface area (Å²) in [7, 11) is 0. The minimum Gasteiger partial charge on any atom is -0.489 e. The van der Waals surface area contributed by atoms with Crippen molar-refractivity contribution >= 4 is 17.5 Å². The predicted molar refractivity (Wildman–Crippen MR) is 151 cm³/mol. The Bertz CT molecular complexity index is 1140. The van der Waals surface area contributed by atoms with Crippen LogP contribution in [0.3, 0.4) is 0 Å². The van der Waals surface area contributed by atoms with Crippen molar-refractivity contribution in [2.24, 2.45) is 10.8 Å². The third kappa shape index (κ3) is 6.31. The molecule has 0 atom stereocenters. The fraction of sp³-hybridized carbons (Fsp3) is 0.567. The predicted octanol–water partition coefficient (Wildman–Crippen LogP) is 4.84. The number of unbranched alkanes of at least 4 members (excludes halogenated alkanes) is 2. The van der Waals surface area contributed by atoms with Gasteiger partial charge in [-0.2, -0.15) is 5.26 Å². The Morgan fingerprint density at radius 2 is 1.89 bits per heavy atom. The van der Waals surface area contributed by atoms with Crippen molar-refractivity contribution in [3.05, 3.63) is 58.4 Å². The third-order valence-corrected chi connectivity index (χ3v) is 8.45. The minimum atomic E-state index is -0.308. The second-order valence-corrected chi connectivity index (χ2v) is 12.1. The average molecular weight is 538 g/mol. The van der Waals surface area contributed by atoms with Gasteiger partial charge in [0.25, 0.3) is 5.91 Å². The maximum absolute atomic E-state index is 13.1. The van der Waals surface area contributed by atoms with Crippen molar-refractivity contribution < 1.29 is 9.53 Å². The summed E-state index contributed by atoms with van der Waals surface area (Å²) < 4.78 is 6.32. The van der Waals surface area contributed by atoms with Crippen molar-refractivity contribution in [3.8, 4) is 11.8 Å². The molecule has 0 radical (unpaired) electrons. The molecule has 2 N–H and O–H groups in total. The third-order valence-electron chi connectivity index (χ3n) is 8.13. The number of benzene rings is 1. The molecule has 0 bridgehead atoms. The second kappa shape index (κ2) is 12.0. The second-order valence-electron chi connectivity index (χ2n) is 11.7. The summed E-state index contributed by atoms with van der Waals surface area (Å²) >= 11 is 6.20. The molecule has 4 rings (SSSR count). The molecule has 0 unspecified atom stereocenters. The first-order chi connectivity index (χ1) is 18.1. The number of aryl methyl sites for hydroxylation is 1. The highest BCUT2D eigenvalue weighted by Crippen LogP contribution is 2.55. The van der Waals surface area contributed by atoms with E-state index in [1.54, 1.807) is 24.4 Å². The Morgan fingerprint density at radius 1 is 1.16 bits per heavy atom. The van der Waals surface area contributed by atoms with Gasteiger partial charge in [-0.25, -0.2) is 0 Å². The normalized spacial score (nSPS) is 22.2. The standard InChI is InChI=1S/C30H40ClN5O2/c1-29(2)27(30(3,4)28(29)38-24-12-10-21(19-32)25(31)18-24)35-26(37)22-9-11-23(34-20-22)8-6-5-7-15-36-16-13-33-14-17-36/h9-12,18,20,27-28,33H,5-8,13-17H2,1-4H3,(H,35,37). The number of amides is 1. The van der Waals surface area contributed by atoms with Crippen LogP contribution in [0, 0.1) is 22.2 Å². The summed E-state index contributed by atoms with van der Waals surface area (Å²) in [5.74, 6) is 0.500.